The van der Waals surface area contributed by atoms with Gasteiger partial charge in [-0.1, -0.05) is 11.6 Å². The fourth-order valence-corrected chi connectivity index (χ4v) is 2.16. The van der Waals surface area contributed by atoms with Crippen molar-refractivity contribution in [3.8, 4) is 5.75 Å². The lowest BCUT2D eigenvalue weighted by molar-refractivity contribution is 0.243. The Morgan fingerprint density at radius 1 is 1.41 bits per heavy atom. The first kappa shape index (κ1) is 12.0. The summed E-state index contributed by atoms with van der Waals surface area (Å²) in [4.78, 5) is 13.9. The highest BCUT2D eigenvalue weighted by atomic mass is 35.5. The minimum absolute atomic E-state index is 0.104. The SMILES string of the molecule is O=C=NC1(c2cc(Cl)c(O)c(F)c2F)CCC1. The van der Waals surface area contributed by atoms with E-state index in [1.165, 1.54) is 6.08 Å². The molecule has 0 saturated heterocycles. The maximum absolute atomic E-state index is 13.7. The number of aliphatic imine (C=N–C) groups is 1. The van der Waals surface area contributed by atoms with Gasteiger partial charge in [0.2, 0.25) is 11.9 Å². The van der Waals surface area contributed by atoms with E-state index in [-0.39, 0.29) is 10.6 Å². The Bertz CT molecular complexity index is 523. The number of nitrogens with zero attached hydrogens (tertiary/aromatic N) is 1. The van der Waals surface area contributed by atoms with Crippen molar-refractivity contribution in [2.24, 2.45) is 4.99 Å². The average molecular weight is 260 g/mol. The third-order valence-corrected chi connectivity index (χ3v) is 3.36. The van der Waals surface area contributed by atoms with Crippen LogP contribution in [0.25, 0.3) is 0 Å². The fraction of sp³-hybridized carbons (Fsp3) is 0.364. The molecule has 3 nitrogen and oxygen atoms in total. The number of hydrogen-bond acceptors (Lipinski definition) is 3. The van der Waals surface area contributed by atoms with Gasteiger partial charge in [0.15, 0.2) is 11.6 Å². The van der Waals surface area contributed by atoms with Crippen molar-refractivity contribution in [2.75, 3.05) is 0 Å². The molecule has 0 aliphatic heterocycles. The summed E-state index contributed by atoms with van der Waals surface area (Å²) in [5, 5.41) is 8.84. The molecule has 1 aliphatic carbocycles. The van der Waals surface area contributed by atoms with Crippen LogP contribution < -0.4 is 0 Å². The predicted octanol–water partition coefficient (Wildman–Crippen LogP) is 3.04. The van der Waals surface area contributed by atoms with Crippen LogP contribution in [0.5, 0.6) is 5.75 Å². The number of phenolic OH excluding ortho intramolecular Hbond substituents is 1. The third-order valence-electron chi connectivity index (χ3n) is 3.08. The molecule has 1 aliphatic rings. The molecule has 0 spiro atoms. The first-order valence-corrected chi connectivity index (χ1v) is 5.35. The highest BCUT2D eigenvalue weighted by Gasteiger charge is 2.42. The van der Waals surface area contributed by atoms with E-state index in [0.717, 1.165) is 12.5 Å². The summed E-state index contributed by atoms with van der Waals surface area (Å²) in [7, 11) is 0. The van der Waals surface area contributed by atoms with Crippen molar-refractivity contribution in [1.29, 1.82) is 0 Å². The quantitative estimate of drug-likeness (QED) is 0.504. The second kappa shape index (κ2) is 4.09. The molecule has 90 valence electrons. The molecule has 17 heavy (non-hydrogen) atoms. The van der Waals surface area contributed by atoms with Gasteiger partial charge in [0.1, 0.15) is 5.54 Å². The van der Waals surface area contributed by atoms with Crippen LogP contribution in [0.4, 0.5) is 8.78 Å². The van der Waals surface area contributed by atoms with Crippen molar-refractivity contribution >= 4 is 17.7 Å². The van der Waals surface area contributed by atoms with Crippen LogP contribution >= 0.6 is 11.6 Å². The number of rotatable bonds is 2. The van der Waals surface area contributed by atoms with Crippen LogP contribution in [0, 0.1) is 11.6 Å². The highest BCUT2D eigenvalue weighted by Crippen LogP contribution is 2.47. The van der Waals surface area contributed by atoms with E-state index in [4.69, 9.17) is 16.7 Å². The van der Waals surface area contributed by atoms with Gasteiger partial charge < -0.3 is 5.11 Å². The first-order chi connectivity index (χ1) is 8.02. The van der Waals surface area contributed by atoms with Gasteiger partial charge in [-0.25, -0.2) is 9.18 Å². The van der Waals surface area contributed by atoms with Crippen molar-refractivity contribution in [1.82, 2.24) is 0 Å². The third kappa shape index (κ3) is 1.72. The number of halogens is 3. The molecule has 1 aromatic carbocycles. The Kier molecular flexibility index (Phi) is 2.89. The van der Waals surface area contributed by atoms with Crippen LogP contribution in [-0.2, 0) is 10.3 Å². The molecule has 0 heterocycles. The van der Waals surface area contributed by atoms with E-state index in [9.17, 15) is 13.6 Å². The number of benzene rings is 1. The number of hydrogen-bond donors (Lipinski definition) is 1. The van der Waals surface area contributed by atoms with Gasteiger partial charge in [0, 0.05) is 5.56 Å². The fourth-order valence-electron chi connectivity index (χ4n) is 1.96. The van der Waals surface area contributed by atoms with Crippen LogP contribution in [0.2, 0.25) is 5.02 Å². The zero-order valence-electron chi connectivity index (χ0n) is 8.64. The van der Waals surface area contributed by atoms with Gasteiger partial charge in [-0.15, -0.1) is 0 Å². The monoisotopic (exact) mass is 259 g/mol. The van der Waals surface area contributed by atoms with Crippen LogP contribution in [0.1, 0.15) is 24.8 Å². The van der Waals surface area contributed by atoms with E-state index < -0.39 is 22.9 Å². The van der Waals surface area contributed by atoms with Gasteiger partial charge in [0.05, 0.1) is 5.02 Å². The molecular weight excluding hydrogens is 252 g/mol. The van der Waals surface area contributed by atoms with E-state index in [2.05, 4.69) is 4.99 Å². The van der Waals surface area contributed by atoms with E-state index in [1.807, 2.05) is 0 Å². The highest BCUT2D eigenvalue weighted by molar-refractivity contribution is 6.32. The van der Waals surface area contributed by atoms with E-state index >= 15 is 0 Å². The Hall–Kier alpha value is -1.45. The maximum Gasteiger partial charge on any atom is 0.235 e. The van der Waals surface area contributed by atoms with Crippen molar-refractivity contribution in [3.63, 3.8) is 0 Å². The largest absolute Gasteiger partial charge is 0.504 e. The van der Waals surface area contributed by atoms with Gasteiger partial charge in [-0.05, 0) is 25.3 Å². The lowest BCUT2D eigenvalue weighted by Crippen LogP contribution is -2.33. The molecule has 0 aromatic heterocycles. The summed E-state index contributed by atoms with van der Waals surface area (Å²) in [6.07, 6.45) is 2.99. The Morgan fingerprint density at radius 2 is 2.06 bits per heavy atom. The molecule has 6 heteroatoms. The molecule has 1 saturated carbocycles. The second-order valence-corrected chi connectivity index (χ2v) is 4.38. The van der Waals surface area contributed by atoms with Crippen molar-refractivity contribution in [2.45, 2.75) is 24.8 Å². The number of carbonyl (C=O) groups excluding carboxylic acids is 1. The summed E-state index contributed by atoms with van der Waals surface area (Å²) in [5.74, 6) is -3.57. The molecule has 2 rings (SSSR count). The summed E-state index contributed by atoms with van der Waals surface area (Å²) >= 11 is 5.58. The molecule has 0 bridgehead atoms. The zero-order valence-corrected chi connectivity index (χ0v) is 9.39. The van der Waals surface area contributed by atoms with E-state index in [0.29, 0.717) is 12.8 Å². The molecule has 0 amide bonds. The van der Waals surface area contributed by atoms with Crippen LogP contribution in [-0.4, -0.2) is 11.2 Å². The molecule has 1 N–H and O–H groups in total. The lowest BCUT2D eigenvalue weighted by atomic mass is 9.72. The molecule has 1 aromatic rings. The normalized spacial score (nSPS) is 17.1. The standard InChI is InChI=1S/C11H8ClF2NO2/c12-7-4-6(8(13)9(14)10(7)17)11(15-5-16)2-1-3-11/h4,17H,1-3H2. The molecule has 0 atom stereocenters. The Labute approximate surface area is 101 Å². The zero-order chi connectivity index (χ0) is 12.6. The number of aromatic hydroxyl groups is 1. The van der Waals surface area contributed by atoms with Gasteiger partial charge in [-0.2, -0.15) is 9.38 Å². The molecule has 0 unspecified atom stereocenters. The maximum atomic E-state index is 13.7. The number of phenols is 1. The Morgan fingerprint density at radius 3 is 2.53 bits per heavy atom. The number of isocyanates is 1. The van der Waals surface area contributed by atoms with Gasteiger partial charge in [0.25, 0.3) is 0 Å². The molecule has 1 fully saturated rings. The predicted molar refractivity (Wildman–Crippen MR) is 56.7 cm³/mol. The topological polar surface area (TPSA) is 49.7 Å². The van der Waals surface area contributed by atoms with E-state index in [1.54, 1.807) is 0 Å². The smallest absolute Gasteiger partial charge is 0.235 e. The van der Waals surface area contributed by atoms with Crippen molar-refractivity contribution < 1.29 is 18.7 Å². The molecule has 0 radical (unpaired) electrons. The average Bonchev–Trinajstić information content (AvgIpc) is 2.26. The first-order valence-electron chi connectivity index (χ1n) is 4.98. The van der Waals surface area contributed by atoms with Crippen LogP contribution in [0.15, 0.2) is 11.1 Å². The summed E-state index contributed by atoms with van der Waals surface area (Å²) in [6, 6.07) is 1.11. The lowest BCUT2D eigenvalue weighted by Gasteiger charge is -2.37. The van der Waals surface area contributed by atoms with Gasteiger partial charge >= 0.3 is 0 Å². The summed E-state index contributed by atoms with van der Waals surface area (Å²) < 4.78 is 27.0. The molecular formula is C11H8ClF2NO2. The minimum Gasteiger partial charge on any atom is -0.504 e. The minimum atomic E-state index is -1.42. The van der Waals surface area contributed by atoms with Crippen molar-refractivity contribution in [3.05, 3.63) is 28.3 Å². The summed E-state index contributed by atoms with van der Waals surface area (Å²) in [5.41, 5.74) is -1.18. The summed E-state index contributed by atoms with van der Waals surface area (Å²) in [6.45, 7) is 0. The Balaban J connectivity index is 2.63. The van der Waals surface area contributed by atoms with Crippen LogP contribution in [0.3, 0.4) is 0 Å². The van der Waals surface area contributed by atoms with Gasteiger partial charge in [-0.3, -0.25) is 0 Å². The second-order valence-electron chi connectivity index (χ2n) is 3.97.